The van der Waals surface area contributed by atoms with Crippen molar-refractivity contribution in [3.8, 4) is 0 Å². The Kier molecular flexibility index (Phi) is 4.57. The number of alkyl halides is 2. The van der Waals surface area contributed by atoms with Gasteiger partial charge in [0.1, 0.15) is 0 Å². The number of hydrogen-bond donors (Lipinski definition) is 2. The van der Waals surface area contributed by atoms with Crippen LogP contribution in [0.25, 0.3) is 10.8 Å². The number of aromatic amines is 1. The summed E-state index contributed by atoms with van der Waals surface area (Å²) in [6.07, 6.45) is 0. The van der Waals surface area contributed by atoms with Gasteiger partial charge in [0.25, 0.3) is 17.2 Å². The molecule has 1 heterocycles. The highest BCUT2D eigenvalue weighted by Crippen LogP contribution is 2.26. The van der Waals surface area contributed by atoms with Crippen molar-refractivity contribution in [2.24, 2.45) is 0 Å². The van der Waals surface area contributed by atoms with E-state index in [-0.39, 0.29) is 11.3 Å². The normalized spacial score (nSPS) is 11.0. The van der Waals surface area contributed by atoms with Gasteiger partial charge in [-0.25, -0.2) is 5.10 Å². The van der Waals surface area contributed by atoms with E-state index in [9.17, 15) is 18.4 Å². The average Bonchev–Trinajstić information content (AvgIpc) is 2.57. The largest absolute Gasteiger partial charge is 0.321 e. The minimum absolute atomic E-state index is 0.0798. The van der Waals surface area contributed by atoms with Crippen LogP contribution >= 0.6 is 11.8 Å². The summed E-state index contributed by atoms with van der Waals surface area (Å²) < 4.78 is 24.6. The maximum atomic E-state index is 12.4. The SMILES string of the molecule is O=C(Nc1ccc(SC(F)F)cc1)c1n[nH]c(=O)c2ccccc12. The zero-order chi connectivity index (χ0) is 17.1. The van der Waals surface area contributed by atoms with Crippen LogP contribution in [0.1, 0.15) is 10.5 Å². The van der Waals surface area contributed by atoms with Crippen LogP contribution in [0, 0.1) is 0 Å². The lowest BCUT2D eigenvalue weighted by Crippen LogP contribution is -2.19. The summed E-state index contributed by atoms with van der Waals surface area (Å²) in [6.45, 7) is 0. The second-order valence-electron chi connectivity index (χ2n) is 4.80. The Bertz CT molecular complexity index is 942. The first kappa shape index (κ1) is 16.1. The fourth-order valence-corrected chi connectivity index (χ4v) is 2.70. The maximum Gasteiger partial charge on any atom is 0.288 e. The lowest BCUT2D eigenvalue weighted by atomic mass is 10.1. The van der Waals surface area contributed by atoms with Crippen molar-refractivity contribution in [2.75, 3.05) is 5.32 Å². The average molecular weight is 347 g/mol. The number of hydrogen-bond acceptors (Lipinski definition) is 4. The number of carbonyl (C=O) groups is 1. The van der Waals surface area contributed by atoms with E-state index < -0.39 is 11.7 Å². The van der Waals surface area contributed by atoms with Gasteiger partial charge in [0, 0.05) is 16.0 Å². The molecule has 0 saturated carbocycles. The van der Waals surface area contributed by atoms with E-state index in [2.05, 4.69) is 15.5 Å². The number of nitrogens with one attached hydrogen (secondary N) is 2. The van der Waals surface area contributed by atoms with E-state index in [4.69, 9.17) is 0 Å². The third-order valence-corrected chi connectivity index (χ3v) is 3.97. The summed E-state index contributed by atoms with van der Waals surface area (Å²) >= 11 is 0.428. The van der Waals surface area contributed by atoms with E-state index in [1.165, 1.54) is 24.3 Å². The van der Waals surface area contributed by atoms with Crippen molar-refractivity contribution in [2.45, 2.75) is 10.7 Å². The van der Waals surface area contributed by atoms with Crippen molar-refractivity contribution in [1.82, 2.24) is 10.2 Å². The third kappa shape index (κ3) is 3.43. The van der Waals surface area contributed by atoms with Crippen LogP contribution < -0.4 is 10.9 Å². The van der Waals surface area contributed by atoms with E-state index in [1.807, 2.05) is 0 Å². The van der Waals surface area contributed by atoms with E-state index in [1.54, 1.807) is 24.3 Å². The number of carbonyl (C=O) groups excluding carboxylic acids is 1. The highest BCUT2D eigenvalue weighted by Gasteiger charge is 2.14. The van der Waals surface area contributed by atoms with Gasteiger partial charge in [0.15, 0.2) is 5.69 Å². The molecule has 2 aromatic carbocycles. The van der Waals surface area contributed by atoms with Gasteiger partial charge in [0.2, 0.25) is 0 Å². The van der Waals surface area contributed by atoms with Crippen LogP contribution in [0.5, 0.6) is 0 Å². The number of benzene rings is 2. The molecule has 1 amide bonds. The number of amides is 1. The smallest absolute Gasteiger partial charge is 0.288 e. The molecule has 0 atom stereocenters. The molecule has 0 aliphatic carbocycles. The van der Waals surface area contributed by atoms with Gasteiger partial charge < -0.3 is 5.32 Å². The van der Waals surface area contributed by atoms with Gasteiger partial charge in [-0.2, -0.15) is 13.9 Å². The van der Waals surface area contributed by atoms with E-state index >= 15 is 0 Å². The summed E-state index contributed by atoms with van der Waals surface area (Å²) in [6, 6.07) is 12.7. The van der Waals surface area contributed by atoms with Crippen LogP contribution in [0.15, 0.2) is 58.2 Å². The summed E-state index contributed by atoms with van der Waals surface area (Å²) in [5.74, 6) is -3.00. The topological polar surface area (TPSA) is 74.8 Å². The molecule has 1 aromatic heterocycles. The van der Waals surface area contributed by atoms with Crippen LogP contribution in [0.2, 0.25) is 0 Å². The quantitative estimate of drug-likeness (QED) is 0.709. The van der Waals surface area contributed by atoms with Crippen molar-refractivity contribution >= 4 is 34.1 Å². The van der Waals surface area contributed by atoms with Crippen LogP contribution in [-0.2, 0) is 0 Å². The monoisotopic (exact) mass is 347 g/mol. The molecular formula is C16H11F2N3O2S. The number of halogens is 2. The minimum Gasteiger partial charge on any atom is -0.321 e. The highest BCUT2D eigenvalue weighted by molar-refractivity contribution is 7.99. The molecule has 8 heteroatoms. The predicted molar refractivity (Wildman–Crippen MR) is 88.6 cm³/mol. The Balaban J connectivity index is 1.85. The molecule has 5 nitrogen and oxygen atoms in total. The molecule has 2 N–H and O–H groups in total. The maximum absolute atomic E-state index is 12.4. The van der Waals surface area contributed by atoms with E-state index in [0.29, 0.717) is 33.1 Å². The number of rotatable bonds is 4. The molecule has 24 heavy (non-hydrogen) atoms. The van der Waals surface area contributed by atoms with Crippen molar-refractivity contribution in [3.05, 3.63) is 64.6 Å². The Hall–Kier alpha value is -2.74. The molecule has 0 saturated heterocycles. The van der Waals surface area contributed by atoms with Crippen LogP contribution in [0.4, 0.5) is 14.5 Å². The third-order valence-electron chi connectivity index (χ3n) is 3.25. The number of anilines is 1. The number of nitrogens with zero attached hydrogens (tertiary/aromatic N) is 1. The zero-order valence-corrected chi connectivity index (χ0v) is 12.9. The standard InChI is InChI=1S/C16H11F2N3O2S/c17-16(18)24-10-7-5-9(6-8-10)19-15(23)13-11-3-1-2-4-12(11)14(22)21-20-13/h1-8,16H,(H,19,23)(H,21,22). The van der Waals surface area contributed by atoms with Crippen molar-refractivity contribution in [3.63, 3.8) is 0 Å². The number of thioether (sulfide) groups is 1. The highest BCUT2D eigenvalue weighted by atomic mass is 32.2. The number of fused-ring (bicyclic) bond motifs is 1. The molecule has 0 radical (unpaired) electrons. The van der Waals surface area contributed by atoms with Gasteiger partial charge >= 0.3 is 0 Å². The van der Waals surface area contributed by atoms with Gasteiger partial charge in [-0.1, -0.05) is 30.0 Å². The Labute approximate surface area is 139 Å². The van der Waals surface area contributed by atoms with Gasteiger partial charge in [0.05, 0.1) is 5.39 Å². The first-order valence-corrected chi connectivity index (χ1v) is 7.76. The fourth-order valence-electron chi connectivity index (χ4n) is 2.20. The van der Waals surface area contributed by atoms with Gasteiger partial charge in [-0.05, 0) is 30.3 Å². The molecule has 0 bridgehead atoms. The Morgan fingerprint density at radius 3 is 2.42 bits per heavy atom. The molecule has 0 aliphatic rings. The molecule has 122 valence electrons. The van der Waals surface area contributed by atoms with Crippen molar-refractivity contribution < 1.29 is 13.6 Å². The van der Waals surface area contributed by atoms with Gasteiger partial charge in [-0.15, -0.1) is 0 Å². The Morgan fingerprint density at radius 1 is 1.08 bits per heavy atom. The number of H-pyrrole nitrogens is 1. The molecule has 0 unspecified atom stereocenters. The predicted octanol–water partition coefficient (Wildman–Crippen LogP) is 3.49. The summed E-state index contributed by atoms with van der Waals surface area (Å²) in [5.41, 5.74) is 0.141. The number of aromatic nitrogens is 2. The summed E-state index contributed by atoms with van der Waals surface area (Å²) in [5, 5.41) is 9.52. The molecule has 0 fully saturated rings. The zero-order valence-electron chi connectivity index (χ0n) is 12.1. The summed E-state index contributed by atoms with van der Waals surface area (Å²) in [7, 11) is 0. The molecule has 0 aliphatic heterocycles. The minimum atomic E-state index is -2.50. The van der Waals surface area contributed by atoms with Crippen LogP contribution in [0.3, 0.4) is 0 Å². The molecular weight excluding hydrogens is 336 g/mol. The second-order valence-corrected chi connectivity index (χ2v) is 5.87. The first-order chi connectivity index (χ1) is 11.5. The second kappa shape index (κ2) is 6.79. The van der Waals surface area contributed by atoms with Crippen LogP contribution in [-0.4, -0.2) is 21.9 Å². The fraction of sp³-hybridized carbons (Fsp3) is 0.0625. The molecule has 3 aromatic rings. The lowest BCUT2D eigenvalue weighted by molar-refractivity contribution is 0.102. The summed E-state index contributed by atoms with van der Waals surface area (Å²) in [4.78, 5) is 24.5. The van der Waals surface area contributed by atoms with Gasteiger partial charge in [-0.3, -0.25) is 9.59 Å². The first-order valence-electron chi connectivity index (χ1n) is 6.88. The lowest BCUT2D eigenvalue weighted by Gasteiger charge is -2.07. The van der Waals surface area contributed by atoms with Crippen molar-refractivity contribution in [1.29, 1.82) is 0 Å². The Morgan fingerprint density at radius 2 is 1.75 bits per heavy atom. The van der Waals surface area contributed by atoms with E-state index in [0.717, 1.165) is 0 Å². The molecule has 3 rings (SSSR count). The molecule has 0 spiro atoms.